The molecule has 2 rings (SSSR count). The van der Waals surface area contributed by atoms with Crippen molar-refractivity contribution in [3.05, 3.63) is 84.3 Å². The highest BCUT2D eigenvalue weighted by Crippen LogP contribution is 2.25. The van der Waals surface area contributed by atoms with Crippen molar-refractivity contribution in [2.45, 2.75) is 0 Å². The predicted octanol–water partition coefficient (Wildman–Crippen LogP) is 4.75. The Morgan fingerprint density at radius 3 is 1.50 bits per heavy atom. The third-order valence-electron chi connectivity index (χ3n) is 2.45. The molecule has 20 heavy (non-hydrogen) atoms. The summed E-state index contributed by atoms with van der Waals surface area (Å²) in [6.45, 7) is 0. The number of hydrogen-bond donors (Lipinski definition) is 0. The van der Waals surface area contributed by atoms with Gasteiger partial charge in [-0.1, -0.05) is 60.7 Å². The summed E-state index contributed by atoms with van der Waals surface area (Å²) in [6.07, 6.45) is 6.22. The normalized spacial score (nSPS) is 11.2. The summed E-state index contributed by atoms with van der Waals surface area (Å²) in [6, 6.07) is 19.2. The molecule has 4 heteroatoms. The standard InChI is InChI=1S/C16H15O3P/c17-20(18-13-11-15-7-3-1-4-8-15)19-14-12-16-9-5-2-6-10-16/h1-14,20H/b13-11+,14-12+. The van der Waals surface area contributed by atoms with Gasteiger partial charge >= 0.3 is 8.25 Å². The van der Waals surface area contributed by atoms with Gasteiger partial charge in [0.05, 0.1) is 12.5 Å². The van der Waals surface area contributed by atoms with E-state index in [1.54, 1.807) is 12.2 Å². The second-order valence-electron chi connectivity index (χ2n) is 3.91. The summed E-state index contributed by atoms with van der Waals surface area (Å²) in [5.74, 6) is 0. The van der Waals surface area contributed by atoms with Crippen molar-refractivity contribution in [3.8, 4) is 0 Å². The van der Waals surface area contributed by atoms with Crippen LogP contribution in [-0.2, 0) is 13.6 Å². The fourth-order valence-electron chi connectivity index (χ4n) is 1.49. The first-order chi connectivity index (χ1) is 9.84. The zero-order valence-electron chi connectivity index (χ0n) is 10.8. The molecule has 0 N–H and O–H groups in total. The largest absolute Gasteiger partial charge is 0.426 e. The molecule has 2 aromatic carbocycles. The van der Waals surface area contributed by atoms with E-state index in [-0.39, 0.29) is 0 Å². The van der Waals surface area contributed by atoms with Crippen LogP contribution in [0.15, 0.2) is 73.2 Å². The molecular weight excluding hydrogens is 271 g/mol. The molecule has 0 saturated carbocycles. The van der Waals surface area contributed by atoms with Gasteiger partial charge in [0.25, 0.3) is 0 Å². The Morgan fingerprint density at radius 2 is 1.10 bits per heavy atom. The first-order valence-electron chi connectivity index (χ1n) is 6.15. The molecule has 0 bridgehead atoms. The fourth-order valence-corrected chi connectivity index (χ4v) is 1.91. The first kappa shape index (κ1) is 14.2. The molecule has 3 nitrogen and oxygen atoms in total. The second kappa shape index (κ2) is 8.03. The average molecular weight is 286 g/mol. The lowest BCUT2D eigenvalue weighted by molar-refractivity contribution is 0.358. The molecular formula is C16H15O3P. The van der Waals surface area contributed by atoms with Crippen molar-refractivity contribution in [1.29, 1.82) is 0 Å². The third-order valence-corrected chi connectivity index (χ3v) is 3.11. The highest BCUT2D eigenvalue weighted by Gasteiger charge is 1.93. The summed E-state index contributed by atoms with van der Waals surface area (Å²) < 4.78 is 21.4. The van der Waals surface area contributed by atoms with Crippen LogP contribution in [0.1, 0.15) is 11.1 Å². The van der Waals surface area contributed by atoms with Gasteiger partial charge in [-0.3, -0.25) is 0 Å². The molecule has 2 aromatic rings. The van der Waals surface area contributed by atoms with Gasteiger partial charge in [-0.15, -0.1) is 0 Å². The molecule has 0 aliphatic heterocycles. The minimum Gasteiger partial charge on any atom is -0.426 e. The molecule has 0 radical (unpaired) electrons. The number of hydrogen-bond acceptors (Lipinski definition) is 3. The SMILES string of the molecule is O=[PH](O/C=C/c1ccccc1)O/C=C/c1ccccc1. The smallest absolute Gasteiger partial charge is 0.417 e. The van der Waals surface area contributed by atoms with Crippen LogP contribution < -0.4 is 0 Å². The Bertz CT molecular complexity index is 538. The summed E-state index contributed by atoms with van der Waals surface area (Å²) in [7, 11) is -2.55. The lowest BCUT2D eigenvalue weighted by Crippen LogP contribution is -1.73. The summed E-state index contributed by atoms with van der Waals surface area (Å²) in [4.78, 5) is 0. The lowest BCUT2D eigenvalue weighted by atomic mass is 10.2. The topological polar surface area (TPSA) is 35.5 Å². The quantitative estimate of drug-likeness (QED) is 0.567. The van der Waals surface area contributed by atoms with Crippen LogP contribution in [-0.4, -0.2) is 0 Å². The van der Waals surface area contributed by atoms with E-state index in [0.717, 1.165) is 11.1 Å². The maximum absolute atomic E-state index is 11.5. The highest BCUT2D eigenvalue weighted by molar-refractivity contribution is 7.33. The minimum atomic E-state index is -2.55. The molecule has 0 spiro atoms. The molecule has 0 saturated heterocycles. The minimum absolute atomic E-state index is 0.974. The van der Waals surface area contributed by atoms with Crippen molar-refractivity contribution in [1.82, 2.24) is 0 Å². The first-order valence-corrected chi connectivity index (χ1v) is 7.37. The molecule has 0 unspecified atom stereocenters. The predicted molar refractivity (Wildman–Crippen MR) is 82.1 cm³/mol. The van der Waals surface area contributed by atoms with Crippen molar-refractivity contribution >= 4 is 20.4 Å². The van der Waals surface area contributed by atoms with Gasteiger partial charge in [0.2, 0.25) is 0 Å². The Labute approximate surface area is 119 Å². The maximum Gasteiger partial charge on any atom is 0.417 e. The van der Waals surface area contributed by atoms with Crippen LogP contribution >= 0.6 is 8.25 Å². The molecule has 0 amide bonds. The monoisotopic (exact) mass is 286 g/mol. The van der Waals surface area contributed by atoms with Crippen LogP contribution in [0.2, 0.25) is 0 Å². The van der Waals surface area contributed by atoms with Crippen molar-refractivity contribution in [3.63, 3.8) is 0 Å². The lowest BCUT2D eigenvalue weighted by Gasteiger charge is -1.99. The van der Waals surface area contributed by atoms with E-state index in [0.29, 0.717) is 0 Å². The van der Waals surface area contributed by atoms with Crippen LogP contribution in [0.25, 0.3) is 12.2 Å². The Hall–Kier alpha value is -2.25. The second-order valence-corrected chi connectivity index (χ2v) is 4.88. The highest BCUT2D eigenvalue weighted by atomic mass is 31.1. The molecule has 0 heterocycles. The van der Waals surface area contributed by atoms with Crippen molar-refractivity contribution in [2.24, 2.45) is 0 Å². The zero-order valence-corrected chi connectivity index (χ0v) is 11.8. The Balaban J connectivity index is 1.76. The fraction of sp³-hybridized carbons (Fsp3) is 0. The Kier molecular flexibility index (Phi) is 5.69. The molecule has 0 aromatic heterocycles. The number of rotatable bonds is 6. The molecule has 0 atom stereocenters. The van der Waals surface area contributed by atoms with Gasteiger partial charge in [-0.25, -0.2) is 4.57 Å². The van der Waals surface area contributed by atoms with Crippen LogP contribution in [0.3, 0.4) is 0 Å². The average Bonchev–Trinajstić information content (AvgIpc) is 2.49. The van der Waals surface area contributed by atoms with Crippen LogP contribution in [0.5, 0.6) is 0 Å². The summed E-state index contributed by atoms with van der Waals surface area (Å²) in [5.41, 5.74) is 1.95. The van der Waals surface area contributed by atoms with E-state index < -0.39 is 8.25 Å². The molecule has 0 aliphatic rings. The van der Waals surface area contributed by atoms with E-state index in [9.17, 15) is 4.57 Å². The third kappa shape index (κ3) is 5.17. The van der Waals surface area contributed by atoms with Crippen molar-refractivity contribution < 1.29 is 13.6 Å². The van der Waals surface area contributed by atoms with E-state index in [4.69, 9.17) is 9.05 Å². The Morgan fingerprint density at radius 1 is 0.700 bits per heavy atom. The van der Waals surface area contributed by atoms with Gasteiger partial charge in [-0.2, -0.15) is 0 Å². The molecule has 0 fully saturated rings. The molecule has 102 valence electrons. The van der Waals surface area contributed by atoms with Gasteiger partial charge < -0.3 is 9.05 Å². The van der Waals surface area contributed by atoms with E-state index in [1.165, 1.54) is 12.5 Å². The molecule has 0 aliphatic carbocycles. The van der Waals surface area contributed by atoms with Gasteiger partial charge in [0.1, 0.15) is 0 Å². The van der Waals surface area contributed by atoms with E-state index in [2.05, 4.69) is 0 Å². The van der Waals surface area contributed by atoms with Gasteiger partial charge in [-0.05, 0) is 23.3 Å². The van der Waals surface area contributed by atoms with Crippen molar-refractivity contribution in [2.75, 3.05) is 0 Å². The van der Waals surface area contributed by atoms with Gasteiger partial charge in [0.15, 0.2) is 0 Å². The summed E-state index contributed by atoms with van der Waals surface area (Å²) >= 11 is 0. The summed E-state index contributed by atoms with van der Waals surface area (Å²) in [5, 5.41) is 0. The maximum atomic E-state index is 11.5. The van der Waals surface area contributed by atoms with E-state index >= 15 is 0 Å². The van der Waals surface area contributed by atoms with Gasteiger partial charge in [0, 0.05) is 0 Å². The number of benzene rings is 2. The van der Waals surface area contributed by atoms with E-state index in [1.807, 2.05) is 60.7 Å². The van der Waals surface area contributed by atoms with Crippen LogP contribution in [0, 0.1) is 0 Å². The van der Waals surface area contributed by atoms with Crippen LogP contribution in [0.4, 0.5) is 0 Å². The zero-order chi connectivity index (χ0) is 14.0.